The number of para-hydroxylation sites is 4. The molecule has 6 aromatic heterocycles. The minimum Gasteiger partial charge on any atom is -0.477 e. The number of esters is 1. The molecule has 2 aromatic carbocycles. The number of nitrogens with two attached hydrogens (primary N) is 1. The Morgan fingerprint density at radius 1 is 0.894 bits per heavy atom. The van der Waals surface area contributed by atoms with Crippen LogP contribution in [-0.2, 0) is 31.9 Å². The molecule has 0 aliphatic carbocycles. The summed E-state index contributed by atoms with van der Waals surface area (Å²) >= 11 is 0. The number of imidazole rings is 2. The van der Waals surface area contributed by atoms with Gasteiger partial charge in [-0.25, -0.2) is 24.1 Å². The number of aryl methyl sites for hydroxylation is 4. The number of benzene rings is 2. The second kappa shape index (κ2) is 19.7. The number of methoxy groups -OCH3 is 1. The predicted octanol–water partition coefficient (Wildman–Crippen LogP) is 8.21. The summed E-state index contributed by atoms with van der Waals surface area (Å²) in [6.07, 6.45) is 7.17. The quantitative estimate of drug-likeness (QED) is 0.104. The third-order valence-corrected chi connectivity index (χ3v) is 11.6. The molecule has 0 radical (unpaired) electrons. The molecule has 1 amide bonds. The van der Waals surface area contributed by atoms with Crippen molar-refractivity contribution in [3.05, 3.63) is 108 Å². The van der Waals surface area contributed by atoms with E-state index in [1.807, 2.05) is 76.5 Å². The van der Waals surface area contributed by atoms with Gasteiger partial charge < -0.3 is 29.1 Å². The van der Waals surface area contributed by atoms with Crippen LogP contribution >= 0.6 is 0 Å². The maximum atomic E-state index is 13.3. The summed E-state index contributed by atoms with van der Waals surface area (Å²) in [6, 6.07) is 22.9. The van der Waals surface area contributed by atoms with Gasteiger partial charge >= 0.3 is 5.97 Å². The normalized spacial score (nSPS) is 14.5. The van der Waals surface area contributed by atoms with Gasteiger partial charge in [0.25, 0.3) is 5.91 Å². The van der Waals surface area contributed by atoms with E-state index < -0.39 is 5.97 Å². The van der Waals surface area contributed by atoms with Gasteiger partial charge in [0.2, 0.25) is 23.7 Å². The van der Waals surface area contributed by atoms with Gasteiger partial charge in [0.15, 0.2) is 0 Å². The number of hydrogen-bond acceptors (Lipinski definition) is 12. The number of carbonyl (C=O) groups excluding carboxylic acids is 2. The van der Waals surface area contributed by atoms with Crippen molar-refractivity contribution >= 4 is 45.8 Å². The molecule has 0 saturated heterocycles. The average Bonchev–Trinajstić information content (AvgIpc) is 4.05. The Kier molecular flexibility index (Phi) is 13.4. The van der Waals surface area contributed by atoms with Crippen LogP contribution in [0.5, 0.6) is 11.8 Å². The first-order valence-corrected chi connectivity index (χ1v) is 22.2. The maximum Gasteiger partial charge on any atom is 0.337 e. The lowest BCUT2D eigenvalue weighted by Crippen LogP contribution is -2.18. The molecule has 17 nitrogen and oxygen atoms in total. The molecule has 17 heteroatoms. The van der Waals surface area contributed by atoms with Gasteiger partial charge in [-0.1, -0.05) is 38.1 Å². The van der Waals surface area contributed by atoms with Crippen molar-refractivity contribution in [2.45, 2.75) is 66.5 Å². The summed E-state index contributed by atoms with van der Waals surface area (Å²) < 4.78 is 24.6. The third-order valence-electron chi connectivity index (χ3n) is 11.6. The highest BCUT2D eigenvalue weighted by Crippen LogP contribution is 2.32. The molecule has 66 heavy (non-hydrogen) atoms. The highest BCUT2D eigenvalue weighted by atomic mass is 16.5. The fraction of sp³-hybridized carbons (Fsp3) is 0.347. The van der Waals surface area contributed by atoms with E-state index in [2.05, 4.69) is 53.4 Å². The first-order valence-electron chi connectivity index (χ1n) is 22.2. The summed E-state index contributed by atoms with van der Waals surface area (Å²) in [5, 5.41) is 11.7. The van der Waals surface area contributed by atoms with Crippen LogP contribution in [0.25, 0.3) is 44.6 Å². The highest BCUT2D eigenvalue weighted by Gasteiger charge is 2.22. The van der Waals surface area contributed by atoms with E-state index in [9.17, 15) is 9.59 Å². The van der Waals surface area contributed by atoms with E-state index in [4.69, 9.17) is 24.9 Å². The van der Waals surface area contributed by atoms with Crippen molar-refractivity contribution in [3.63, 3.8) is 0 Å². The molecule has 9 rings (SSSR count). The van der Waals surface area contributed by atoms with Gasteiger partial charge in [0.05, 0.1) is 82.9 Å². The second-order valence-electron chi connectivity index (χ2n) is 17.0. The molecule has 0 spiro atoms. The number of fused-ring (bicyclic) bond motifs is 8. The third kappa shape index (κ3) is 9.89. The number of hydrogen-bond donors (Lipinski definition) is 2. The van der Waals surface area contributed by atoms with Crippen molar-refractivity contribution < 1.29 is 23.8 Å². The fourth-order valence-electron chi connectivity index (χ4n) is 8.35. The molecule has 7 heterocycles. The zero-order valence-corrected chi connectivity index (χ0v) is 38.5. The molecular formula is C49H56N12O5. The molecule has 0 saturated carbocycles. The molecule has 342 valence electrons. The molecule has 8 aromatic rings. The molecule has 0 unspecified atom stereocenters. The number of nitrogen functional groups attached to an aromatic ring is 1. The van der Waals surface area contributed by atoms with Crippen LogP contribution < -0.4 is 20.5 Å². The SMILES string of the molecule is COC(=O)c1cc(C)nc(-c2cnn(C)c2OCCC[C@@H](C)Cn2c(N)nc3ccccc32)c1.Cc1cc2cc(n1)-c1cnn(C)c1OCCC[C@@H](C)Cn1c(nc3ccccc31)NC2=O. The van der Waals surface area contributed by atoms with Crippen molar-refractivity contribution in [2.75, 3.05) is 31.4 Å². The van der Waals surface area contributed by atoms with Crippen molar-refractivity contribution in [1.29, 1.82) is 0 Å². The van der Waals surface area contributed by atoms with Crippen LogP contribution in [0.3, 0.4) is 0 Å². The first-order chi connectivity index (χ1) is 31.9. The fourth-order valence-corrected chi connectivity index (χ4v) is 8.35. The maximum absolute atomic E-state index is 13.3. The van der Waals surface area contributed by atoms with Gasteiger partial charge in [0, 0.05) is 44.1 Å². The summed E-state index contributed by atoms with van der Waals surface area (Å²) in [5.74, 6) is 2.54. The van der Waals surface area contributed by atoms with E-state index in [1.54, 1.807) is 46.0 Å². The average molecular weight is 893 g/mol. The van der Waals surface area contributed by atoms with Crippen molar-refractivity contribution in [1.82, 2.24) is 48.6 Å². The number of nitrogens with zero attached hydrogens (tertiary/aromatic N) is 10. The zero-order chi connectivity index (χ0) is 46.5. The highest BCUT2D eigenvalue weighted by molar-refractivity contribution is 6.05. The van der Waals surface area contributed by atoms with Crippen LogP contribution in [-0.4, -0.2) is 80.8 Å². The lowest BCUT2D eigenvalue weighted by atomic mass is 10.1. The van der Waals surface area contributed by atoms with Gasteiger partial charge in [-0.05, 0) is 99.9 Å². The van der Waals surface area contributed by atoms with Crippen LogP contribution in [0.2, 0.25) is 0 Å². The smallest absolute Gasteiger partial charge is 0.337 e. The summed E-state index contributed by atoms with van der Waals surface area (Å²) in [5.41, 5.74) is 15.2. The Labute approximate surface area is 382 Å². The first kappa shape index (κ1) is 45.0. The monoisotopic (exact) mass is 892 g/mol. The summed E-state index contributed by atoms with van der Waals surface area (Å²) in [7, 11) is 5.04. The Morgan fingerprint density at radius 3 is 2.35 bits per heavy atom. The molecule has 2 atom stereocenters. The molecule has 0 fully saturated rings. The Balaban J connectivity index is 0.000000180. The number of aromatic nitrogens is 10. The summed E-state index contributed by atoms with van der Waals surface area (Å²) in [6.45, 7) is 10.8. The van der Waals surface area contributed by atoms with Crippen LogP contribution in [0.1, 0.15) is 71.6 Å². The molecular weight excluding hydrogens is 837 g/mol. The van der Waals surface area contributed by atoms with Gasteiger partial charge in [-0.3, -0.25) is 20.1 Å². The van der Waals surface area contributed by atoms with E-state index in [-0.39, 0.29) is 5.91 Å². The number of ether oxygens (including phenoxy) is 3. The summed E-state index contributed by atoms with van der Waals surface area (Å²) in [4.78, 5) is 43.6. The van der Waals surface area contributed by atoms with Crippen molar-refractivity contribution in [2.24, 2.45) is 25.9 Å². The largest absolute Gasteiger partial charge is 0.477 e. The predicted molar refractivity (Wildman–Crippen MR) is 253 cm³/mol. The number of pyridine rings is 2. The van der Waals surface area contributed by atoms with Crippen LogP contribution in [0.4, 0.5) is 11.9 Å². The number of anilines is 2. The molecule has 2 bridgehead atoms. The van der Waals surface area contributed by atoms with E-state index >= 15 is 0 Å². The molecule has 1 aliphatic heterocycles. The number of rotatable bonds is 9. The Morgan fingerprint density at radius 2 is 1.58 bits per heavy atom. The van der Waals surface area contributed by atoms with E-state index in [1.165, 1.54) is 7.11 Å². The van der Waals surface area contributed by atoms with Crippen LogP contribution in [0, 0.1) is 25.7 Å². The molecule has 3 N–H and O–H groups in total. The van der Waals surface area contributed by atoms with Gasteiger partial charge in [-0.15, -0.1) is 0 Å². The van der Waals surface area contributed by atoms with Crippen molar-refractivity contribution in [3.8, 4) is 34.3 Å². The Bertz CT molecular complexity index is 3020. The minimum atomic E-state index is -0.404. The lowest BCUT2D eigenvalue weighted by Gasteiger charge is -2.16. The zero-order valence-electron chi connectivity index (χ0n) is 38.5. The van der Waals surface area contributed by atoms with Gasteiger partial charge in [-0.2, -0.15) is 10.2 Å². The minimum absolute atomic E-state index is 0.220. The van der Waals surface area contributed by atoms with Crippen LogP contribution in [0.15, 0.2) is 85.2 Å². The number of amides is 1. The molecule has 1 aliphatic rings. The second-order valence-corrected chi connectivity index (χ2v) is 17.0. The lowest BCUT2D eigenvalue weighted by molar-refractivity contribution is 0.0600. The van der Waals surface area contributed by atoms with E-state index in [0.29, 0.717) is 76.9 Å². The topological polar surface area (TPSA) is 197 Å². The van der Waals surface area contributed by atoms with E-state index in [0.717, 1.165) is 77.7 Å². The number of nitrogens with one attached hydrogen (secondary N) is 1. The number of carbonyl (C=O) groups is 2. The van der Waals surface area contributed by atoms with Gasteiger partial charge in [0.1, 0.15) is 0 Å². The Hall–Kier alpha value is -7.56. The standard InChI is InChI=1S/C25H30N6O3.C24H26N6O2/c1-16(15-31-22-10-6-5-9-20(22)29-25(31)26)8-7-11-34-23-19(14-27-30(23)3)21-13-18(24(32)33-4)12-17(2)28-21;1-15-7-6-10-32-23-18(13-25-29(23)3)20-12-17(11-16(2)26-20)22(31)28-24-27-19-8-4-5-9-21(19)30(24)14-15/h5-6,9-10,12-14,16H,7-8,11,15H2,1-4H3,(H2,26,29);4-5,8-9,11-13,15H,6-7,10,14H2,1-3H3,(H,27,28,31)/t16-;15-/m11/s1.